The number of allylic oxidation sites excluding steroid dienone is 2. The summed E-state index contributed by atoms with van der Waals surface area (Å²) in [6, 6.07) is 23.8. The van der Waals surface area contributed by atoms with Crippen molar-refractivity contribution >= 4 is 5.69 Å². The predicted octanol–water partition coefficient (Wildman–Crippen LogP) is 6.71. The Morgan fingerprint density at radius 2 is 1.44 bits per heavy atom. The molecule has 3 unspecified atom stereocenters. The largest absolute Gasteiger partial charge is 0.398 e. The summed E-state index contributed by atoms with van der Waals surface area (Å²) < 4.78 is 0. The Balaban J connectivity index is 1.92. The van der Waals surface area contributed by atoms with E-state index >= 15 is 0 Å². The summed E-state index contributed by atoms with van der Waals surface area (Å²) in [4.78, 5) is 0. The Labute approximate surface area is 192 Å². The highest BCUT2D eigenvalue weighted by molar-refractivity contribution is 5.66. The zero-order chi connectivity index (χ0) is 23.0. The van der Waals surface area contributed by atoms with Gasteiger partial charge in [-0.3, -0.25) is 0 Å². The molecule has 0 radical (unpaired) electrons. The molecule has 3 aromatic rings. The van der Waals surface area contributed by atoms with Gasteiger partial charge >= 0.3 is 0 Å². The molecule has 0 heterocycles. The van der Waals surface area contributed by atoms with Crippen molar-refractivity contribution in [1.82, 2.24) is 0 Å². The first-order valence-corrected chi connectivity index (χ1v) is 11.4. The van der Waals surface area contributed by atoms with Gasteiger partial charge < -0.3 is 11.5 Å². The lowest BCUT2D eigenvalue weighted by atomic mass is 9.61. The van der Waals surface area contributed by atoms with E-state index in [1.807, 2.05) is 6.07 Å². The summed E-state index contributed by atoms with van der Waals surface area (Å²) in [6.07, 6.45) is 4.53. The van der Waals surface area contributed by atoms with Crippen molar-refractivity contribution in [2.75, 3.05) is 5.73 Å². The van der Waals surface area contributed by atoms with Crippen LogP contribution in [0, 0.1) is 19.8 Å². The molecule has 0 bridgehead atoms. The Morgan fingerprint density at radius 3 is 2.09 bits per heavy atom. The topological polar surface area (TPSA) is 52.0 Å². The molecule has 32 heavy (non-hydrogen) atoms. The van der Waals surface area contributed by atoms with Gasteiger partial charge in [0.15, 0.2) is 0 Å². The monoisotopic (exact) mass is 422 g/mol. The molecule has 1 aliphatic carbocycles. The van der Waals surface area contributed by atoms with Crippen LogP contribution in [0.15, 0.2) is 90.0 Å². The van der Waals surface area contributed by atoms with Crippen molar-refractivity contribution in [3.8, 4) is 11.1 Å². The van der Waals surface area contributed by atoms with Crippen LogP contribution < -0.4 is 11.5 Å². The highest BCUT2D eigenvalue weighted by atomic mass is 14.7. The second kappa shape index (κ2) is 8.44. The fraction of sp³-hybridized carbons (Fsp3) is 0.267. The summed E-state index contributed by atoms with van der Waals surface area (Å²) in [5.41, 5.74) is 23.7. The maximum Gasteiger partial charge on any atom is 0.0385 e. The van der Waals surface area contributed by atoms with Gasteiger partial charge in [-0.15, -0.1) is 0 Å². The molecule has 3 atom stereocenters. The van der Waals surface area contributed by atoms with E-state index in [-0.39, 0.29) is 17.4 Å². The minimum atomic E-state index is -0.369. The number of rotatable bonds is 4. The Bertz CT molecular complexity index is 1190. The van der Waals surface area contributed by atoms with E-state index in [0.29, 0.717) is 0 Å². The molecule has 2 nitrogen and oxygen atoms in total. The van der Waals surface area contributed by atoms with Crippen LogP contribution in [0.3, 0.4) is 0 Å². The molecule has 4 N–H and O–H groups in total. The van der Waals surface area contributed by atoms with Crippen LogP contribution in [-0.2, 0) is 5.41 Å². The molecule has 0 spiro atoms. The van der Waals surface area contributed by atoms with E-state index in [1.54, 1.807) is 0 Å². The van der Waals surface area contributed by atoms with Gasteiger partial charge in [-0.1, -0.05) is 103 Å². The summed E-state index contributed by atoms with van der Waals surface area (Å²) in [6.45, 7) is 10.8. The first kappa shape index (κ1) is 22.1. The summed E-state index contributed by atoms with van der Waals surface area (Å²) in [5.74, 6) is 0.0959. The van der Waals surface area contributed by atoms with Crippen LogP contribution in [0.4, 0.5) is 5.69 Å². The number of nitrogens with two attached hydrogens (primary N) is 2. The molecule has 1 aliphatic rings. The maximum atomic E-state index is 6.84. The van der Waals surface area contributed by atoms with Crippen molar-refractivity contribution in [1.29, 1.82) is 0 Å². The fourth-order valence-electron chi connectivity index (χ4n) is 5.27. The van der Waals surface area contributed by atoms with Crippen LogP contribution in [0.25, 0.3) is 11.1 Å². The lowest BCUT2D eigenvalue weighted by Crippen LogP contribution is -2.46. The van der Waals surface area contributed by atoms with Crippen LogP contribution in [-0.4, -0.2) is 6.04 Å². The highest BCUT2D eigenvalue weighted by Gasteiger charge is 2.42. The number of anilines is 1. The second-order valence-electron chi connectivity index (χ2n) is 9.54. The fourth-order valence-corrected chi connectivity index (χ4v) is 5.27. The number of hydrogen-bond acceptors (Lipinski definition) is 2. The Kier molecular flexibility index (Phi) is 5.83. The van der Waals surface area contributed by atoms with Crippen LogP contribution in [0.5, 0.6) is 0 Å². The summed E-state index contributed by atoms with van der Waals surface area (Å²) in [7, 11) is 0. The second-order valence-corrected chi connectivity index (χ2v) is 9.54. The molecular weight excluding hydrogens is 388 g/mol. The van der Waals surface area contributed by atoms with Gasteiger partial charge in [0.1, 0.15) is 0 Å². The molecular formula is C30H34N2. The van der Waals surface area contributed by atoms with Gasteiger partial charge in [0.2, 0.25) is 0 Å². The molecule has 0 saturated heterocycles. The van der Waals surface area contributed by atoms with Gasteiger partial charge in [0.05, 0.1) is 0 Å². The van der Waals surface area contributed by atoms with Gasteiger partial charge in [-0.2, -0.15) is 0 Å². The smallest absolute Gasteiger partial charge is 0.0385 e. The van der Waals surface area contributed by atoms with E-state index in [9.17, 15) is 0 Å². The zero-order valence-corrected chi connectivity index (χ0v) is 19.8. The Morgan fingerprint density at radius 1 is 0.812 bits per heavy atom. The SMILES string of the molecule is CC1=CC(C(C)(c2ccc(-c3ccccc3)cc2)c2cc(C)cc(C)c2N)C(N)C(C)=C1. The molecule has 0 saturated carbocycles. The minimum absolute atomic E-state index is 0.0716. The maximum absolute atomic E-state index is 6.84. The third-order valence-electron chi connectivity index (χ3n) is 7.16. The first-order valence-electron chi connectivity index (χ1n) is 11.4. The van der Waals surface area contributed by atoms with Gasteiger partial charge in [0.25, 0.3) is 0 Å². The molecule has 0 aliphatic heterocycles. The number of hydrogen-bond donors (Lipinski definition) is 2. The lowest BCUT2D eigenvalue weighted by molar-refractivity contribution is 0.370. The molecule has 164 valence electrons. The third-order valence-corrected chi connectivity index (χ3v) is 7.16. The standard InChI is InChI=1S/C30H34N2/c1-19-15-21(3)28(31)26(17-19)30(5,27-18-20(2)16-22(4)29(27)32)25-13-11-24(12-14-25)23-9-7-6-8-10-23/h6-18,26,28H,31-32H2,1-5H3. The van der Waals surface area contributed by atoms with Crippen LogP contribution in [0.1, 0.15) is 43.0 Å². The molecule has 4 rings (SSSR count). The average molecular weight is 423 g/mol. The number of aryl methyl sites for hydroxylation is 2. The lowest BCUT2D eigenvalue weighted by Gasteiger charge is -2.43. The van der Waals surface area contributed by atoms with E-state index in [2.05, 4.69) is 107 Å². The number of benzene rings is 3. The highest BCUT2D eigenvalue weighted by Crippen LogP contribution is 2.47. The molecule has 3 aromatic carbocycles. The quantitative estimate of drug-likeness (QED) is 0.459. The molecule has 0 amide bonds. The average Bonchev–Trinajstić information content (AvgIpc) is 2.79. The first-order chi connectivity index (χ1) is 15.2. The van der Waals surface area contributed by atoms with E-state index in [0.717, 1.165) is 16.8 Å². The minimum Gasteiger partial charge on any atom is -0.398 e. The van der Waals surface area contributed by atoms with E-state index in [4.69, 9.17) is 11.5 Å². The van der Waals surface area contributed by atoms with Crippen molar-refractivity contribution in [2.45, 2.75) is 46.1 Å². The van der Waals surface area contributed by atoms with Crippen LogP contribution >= 0.6 is 0 Å². The van der Waals surface area contributed by atoms with Gasteiger partial charge in [-0.25, -0.2) is 0 Å². The molecule has 0 aromatic heterocycles. The van der Waals surface area contributed by atoms with Gasteiger partial charge in [0, 0.05) is 23.1 Å². The summed E-state index contributed by atoms with van der Waals surface area (Å²) in [5, 5.41) is 0. The van der Waals surface area contributed by atoms with Crippen molar-refractivity contribution < 1.29 is 0 Å². The molecule has 0 fully saturated rings. The van der Waals surface area contributed by atoms with Gasteiger partial charge in [-0.05, 0) is 55.5 Å². The van der Waals surface area contributed by atoms with Crippen molar-refractivity contribution in [3.05, 3.63) is 112 Å². The summed E-state index contributed by atoms with van der Waals surface area (Å²) >= 11 is 0. The third kappa shape index (κ3) is 3.80. The van der Waals surface area contributed by atoms with Crippen LogP contribution in [0.2, 0.25) is 0 Å². The Hall–Kier alpha value is -3.10. The number of nitrogen functional groups attached to an aromatic ring is 1. The zero-order valence-electron chi connectivity index (χ0n) is 19.8. The van der Waals surface area contributed by atoms with E-state index in [1.165, 1.54) is 33.4 Å². The van der Waals surface area contributed by atoms with E-state index < -0.39 is 0 Å². The predicted molar refractivity (Wildman–Crippen MR) is 138 cm³/mol. The van der Waals surface area contributed by atoms with Crippen molar-refractivity contribution in [2.24, 2.45) is 11.7 Å². The van der Waals surface area contributed by atoms with Crippen molar-refractivity contribution in [3.63, 3.8) is 0 Å². The normalized spacial score (nSPS) is 20.3. The molecule has 2 heteroatoms.